The number of hydrogen-bond acceptors (Lipinski definition) is 2. The van der Waals surface area contributed by atoms with E-state index in [4.69, 9.17) is 5.73 Å². The zero-order valence-corrected chi connectivity index (χ0v) is 14.1. The third kappa shape index (κ3) is 3.67. The standard InChI is InChI=1S/C19H32N2/c1-4-16-7-9-17(10-8-16)18(15-20)21-13-11-19(5-2,6-3)12-14-21/h7-10,18H,4-6,11-15,20H2,1-3H3. The van der Waals surface area contributed by atoms with Crippen LogP contribution in [0.3, 0.4) is 0 Å². The lowest BCUT2D eigenvalue weighted by Crippen LogP contribution is -2.43. The van der Waals surface area contributed by atoms with E-state index in [-0.39, 0.29) is 0 Å². The van der Waals surface area contributed by atoms with Gasteiger partial charge in [0.05, 0.1) is 0 Å². The summed E-state index contributed by atoms with van der Waals surface area (Å²) >= 11 is 0. The van der Waals surface area contributed by atoms with E-state index in [1.54, 1.807) is 0 Å². The minimum absolute atomic E-state index is 0.391. The highest BCUT2D eigenvalue weighted by molar-refractivity contribution is 5.25. The molecule has 1 unspecified atom stereocenters. The van der Waals surface area contributed by atoms with Gasteiger partial charge in [-0.3, -0.25) is 4.90 Å². The molecule has 2 nitrogen and oxygen atoms in total. The van der Waals surface area contributed by atoms with Crippen LogP contribution >= 0.6 is 0 Å². The van der Waals surface area contributed by atoms with Gasteiger partial charge in [-0.2, -0.15) is 0 Å². The molecule has 21 heavy (non-hydrogen) atoms. The van der Waals surface area contributed by atoms with E-state index in [1.165, 1.54) is 49.9 Å². The van der Waals surface area contributed by atoms with E-state index < -0.39 is 0 Å². The molecule has 0 aliphatic carbocycles. The lowest BCUT2D eigenvalue weighted by molar-refractivity contribution is 0.0680. The topological polar surface area (TPSA) is 29.3 Å². The molecule has 2 N–H and O–H groups in total. The number of nitrogens with zero attached hydrogens (tertiary/aromatic N) is 1. The van der Waals surface area contributed by atoms with E-state index >= 15 is 0 Å². The van der Waals surface area contributed by atoms with Crippen LogP contribution in [-0.2, 0) is 6.42 Å². The Balaban J connectivity index is 2.05. The molecular weight excluding hydrogens is 256 g/mol. The van der Waals surface area contributed by atoms with Crippen LogP contribution in [0.25, 0.3) is 0 Å². The fourth-order valence-electron chi connectivity index (χ4n) is 3.74. The van der Waals surface area contributed by atoms with E-state index in [9.17, 15) is 0 Å². The zero-order valence-electron chi connectivity index (χ0n) is 14.1. The van der Waals surface area contributed by atoms with Crippen LogP contribution in [0.2, 0.25) is 0 Å². The highest BCUT2D eigenvalue weighted by atomic mass is 15.2. The van der Waals surface area contributed by atoms with Gasteiger partial charge in [-0.25, -0.2) is 0 Å². The maximum absolute atomic E-state index is 6.10. The van der Waals surface area contributed by atoms with Crippen LogP contribution in [0.15, 0.2) is 24.3 Å². The van der Waals surface area contributed by atoms with Crippen LogP contribution in [0.1, 0.15) is 63.6 Å². The highest BCUT2D eigenvalue weighted by Gasteiger charge is 2.33. The predicted molar refractivity (Wildman–Crippen MR) is 91.4 cm³/mol. The van der Waals surface area contributed by atoms with Crippen molar-refractivity contribution in [2.24, 2.45) is 11.1 Å². The first-order valence-corrected chi connectivity index (χ1v) is 8.71. The second kappa shape index (κ2) is 7.42. The van der Waals surface area contributed by atoms with Crippen molar-refractivity contribution in [1.29, 1.82) is 0 Å². The Morgan fingerprint density at radius 1 is 1.05 bits per heavy atom. The molecule has 2 rings (SSSR count). The Morgan fingerprint density at radius 2 is 1.62 bits per heavy atom. The van der Waals surface area contributed by atoms with Crippen LogP contribution in [0.5, 0.6) is 0 Å². The largest absolute Gasteiger partial charge is 0.329 e. The van der Waals surface area contributed by atoms with Gasteiger partial charge in [-0.15, -0.1) is 0 Å². The van der Waals surface area contributed by atoms with Crippen LogP contribution in [0.4, 0.5) is 0 Å². The minimum atomic E-state index is 0.391. The van der Waals surface area contributed by atoms with Gasteiger partial charge in [0.15, 0.2) is 0 Å². The normalized spacial score (nSPS) is 20.4. The van der Waals surface area contributed by atoms with Crippen LogP contribution < -0.4 is 5.73 Å². The van der Waals surface area contributed by atoms with Gasteiger partial charge < -0.3 is 5.73 Å². The Bertz CT molecular complexity index is 410. The summed E-state index contributed by atoms with van der Waals surface area (Å²) in [7, 11) is 0. The molecule has 0 bridgehead atoms. The molecule has 1 aliphatic heterocycles. The Morgan fingerprint density at radius 3 is 2.05 bits per heavy atom. The number of nitrogens with two attached hydrogens (primary N) is 1. The average Bonchev–Trinajstić information content (AvgIpc) is 2.57. The number of aryl methyl sites for hydroxylation is 1. The molecule has 0 spiro atoms. The number of hydrogen-bond donors (Lipinski definition) is 1. The molecule has 0 amide bonds. The summed E-state index contributed by atoms with van der Waals surface area (Å²) in [6, 6.07) is 9.45. The van der Waals surface area contributed by atoms with Gasteiger partial charge in [-0.05, 0) is 48.9 Å². The smallest absolute Gasteiger partial charge is 0.0470 e. The third-order valence-electron chi connectivity index (χ3n) is 5.80. The second-order valence-corrected chi connectivity index (χ2v) is 6.59. The molecule has 0 saturated carbocycles. The first-order chi connectivity index (χ1) is 10.2. The summed E-state index contributed by atoms with van der Waals surface area (Å²) in [6.45, 7) is 10.0. The molecule has 1 aliphatic rings. The minimum Gasteiger partial charge on any atom is -0.329 e. The first kappa shape index (κ1) is 16.5. The molecule has 1 fully saturated rings. The number of likely N-dealkylation sites (tertiary alicyclic amines) is 1. The Labute approximate surface area is 130 Å². The van der Waals surface area contributed by atoms with E-state index in [2.05, 4.69) is 49.9 Å². The van der Waals surface area contributed by atoms with E-state index in [0.717, 1.165) is 13.0 Å². The summed E-state index contributed by atoms with van der Waals surface area (Å²) < 4.78 is 0. The van der Waals surface area contributed by atoms with Crippen molar-refractivity contribution in [2.45, 2.75) is 58.9 Å². The summed E-state index contributed by atoms with van der Waals surface area (Å²) in [5, 5.41) is 0. The third-order valence-corrected chi connectivity index (χ3v) is 5.80. The van der Waals surface area contributed by atoms with Gasteiger partial charge >= 0.3 is 0 Å². The molecule has 0 radical (unpaired) electrons. The first-order valence-electron chi connectivity index (χ1n) is 8.71. The van der Waals surface area contributed by atoms with Gasteiger partial charge in [0.2, 0.25) is 0 Å². The summed E-state index contributed by atoms with van der Waals surface area (Å²) in [5.41, 5.74) is 9.47. The summed E-state index contributed by atoms with van der Waals surface area (Å²) in [4.78, 5) is 2.60. The molecule has 1 heterocycles. The number of piperidine rings is 1. The Hall–Kier alpha value is -0.860. The average molecular weight is 288 g/mol. The molecule has 1 saturated heterocycles. The van der Waals surface area contributed by atoms with Crippen LogP contribution in [-0.4, -0.2) is 24.5 Å². The van der Waals surface area contributed by atoms with Crippen molar-refractivity contribution >= 4 is 0 Å². The van der Waals surface area contributed by atoms with Crippen molar-refractivity contribution in [3.05, 3.63) is 35.4 Å². The second-order valence-electron chi connectivity index (χ2n) is 6.59. The van der Waals surface area contributed by atoms with E-state index in [0.29, 0.717) is 11.5 Å². The van der Waals surface area contributed by atoms with Crippen molar-refractivity contribution in [2.75, 3.05) is 19.6 Å². The van der Waals surface area contributed by atoms with Crippen LogP contribution in [0, 0.1) is 5.41 Å². The van der Waals surface area contributed by atoms with Gasteiger partial charge in [-0.1, -0.05) is 57.9 Å². The van der Waals surface area contributed by atoms with Gasteiger partial charge in [0, 0.05) is 12.6 Å². The lowest BCUT2D eigenvalue weighted by Gasteiger charge is -2.44. The quantitative estimate of drug-likeness (QED) is 0.852. The molecule has 1 aromatic carbocycles. The zero-order chi connectivity index (χ0) is 15.3. The monoisotopic (exact) mass is 288 g/mol. The maximum atomic E-state index is 6.10. The fourth-order valence-corrected chi connectivity index (χ4v) is 3.74. The predicted octanol–water partition coefficient (Wildman–Crippen LogP) is 4.15. The van der Waals surface area contributed by atoms with Crippen molar-refractivity contribution < 1.29 is 0 Å². The Kier molecular flexibility index (Phi) is 5.83. The highest BCUT2D eigenvalue weighted by Crippen LogP contribution is 2.39. The molecule has 1 aromatic rings. The van der Waals surface area contributed by atoms with Crippen molar-refractivity contribution in [3.63, 3.8) is 0 Å². The van der Waals surface area contributed by atoms with Crippen molar-refractivity contribution in [3.8, 4) is 0 Å². The number of rotatable bonds is 6. The fraction of sp³-hybridized carbons (Fsp3) is 0.684. The lowest BCUT2D eigenvalue weighted by atomic mass is 9.74. The van der Waals surface area contributed by atoms with Gasteiger partial charge in [0.25, 0.3) is 0 Å². The molecule has 1 atom stereocenters. The van der Waals surface area contributed by atoms with E-state index in [1.807, 2.05) is 0 Å². The SMILES string of the molecule is CCc1ccc(C(CN)N2CCC(CC)(CC)CC2)cc1. The van der Waals surface area contributed by atoms with Crippen molar-refractivity contribution in [1.82, 2.24) is 4.90 Å². The molecule has 0 aromatic heterocycles. The molecule has 2 heteroatoms. The molecule has 118 valence electrons. The molecular formula is C19H32N2. The summed E-state index contributed by atoms with van der Waals surface area (Å²) in [5.74, 6) is 0. The maximum Gasteiger partial charge on any atom is 0.0470 e. The number of benzene rings is 1. The summed E-state index contributed by atoms with van der Waals surface area (Å²) in [6.07, 6.45) is 6.38. The van der Waals surface area contributed by atoms with Gasteiger partial charge in [0.1, 0.15) is 0 Å².